The Labute approximate surface area is 209 Å². The topological polar surface area (TPSA) is 135 Å². The molecule has 0 spiro atoms. The van der Waals surface area contributed by atoms with Crippen LogP contribution in [0.5, 0.6) is 5.75 Å². The SMILES string of the molecule is CC(=O)OCC1=C(C(=O)O)N2C(=O)[C@@H](NC(=O)c3ccc(COc4c(F)c(F)cc(F)c4F)o3)[C@@H]2SC1. The number of hydrogen-bond acceptors (Lipinski definition) is 8. The number of β-lactam (4-membered cyclic amide) rings is 1. The highest BCUT2D eigenvalue weighted by Crippen LogP contribution is 2.40. The largest absolute Gasteiger partial charge is 0.479 e. The molecule has 0 unspecified atom stereocenters. The van der Waals surface area contributed by atoms with Gasteiger partial charge in [0.25, 0.3) is 11.8 Å². The van der Waals surface area contributed by atoms with E-state index < -0.39 is 70.8 Å². The number of furan rings is 1. The molecular formula is C22H16F4N2O8S. The highest BCUT2D eigenvalue weighted by molar-refractivity contribution is 8.00. The molecule has 15 heteroatoms. The van der Waals surface area contributed by atoms with Crippen molar-refractivity contribution < 1.29 is 55.7 Å². The van der Waals surface area contributed by atoms with Gasteiger partial charge in [-0.2, -0.15) is 8.78 Å². The van der Waals surface area contributed by atoms with Crippen LogP contribution in [0.25, 0.3) is 0 Å². The number of carboxylic acids is 1. The number of hydrogen-bond donors (Lipinski definition) is 2. The van der Waals surface area contributed by atoms with Crippen LogP contribution in [0.15, 0.2) is 33.9 Å². The van der Waals surface area contributed by atoms with Crippen molar-refractivity contribution >= 4 is 35.5 Å². The van der Waals surface area contributed by atoms with Gasteiger partial charge in [0.2, 0.25) is 11.6 Å². The van der Waals surface area contributed by atoms with E-state index in [2.05, 4.69) is 5.32 Å². The standard InChI is InChI=1S/C22H16F4N2O8S/c1-8(29)34-5-9-7-37-21-16(20(31)28(21)17(9)22(32)33)27-19(30)13-3-2-10(36-13)6-35-18-14(25)11(23)4-12(24)15(18)26/h2-4,16,21H,5-7H2,1H3,(H,27,30)(H,32,33)/t16-,21+/m1/s1. The summed E-state index contributed by atoms with van der Waals surface area (Å²) < 4.78 is 68.9. The number of rotatable bonds is 8. The van der Waals surface area contributed by atoms with Crippen LogP contribution in [0.4, 0.5) is 17.6 Å². The summed E-state index contributed by atoms with van der Waals surface area (Å²) in [6.07, 6.45) is 0. The number of carbonyl (C=O) groups excluding carboxylic acids is 3. The highest BCUT2D eigenvalue weighted by atomic mass is 32.2. The maximum Gasteiger partial charge on any atom is 0.352 e. The smallest absolute Gasteiger partial charge is 0.352 e. The van der Waals surface area contributed by atoms with Crippen LogP contribution < -0.4 is 10.1 Å². The zero-order valence-corrected chi connectivity index (χ0v) is 19.5. The first-order valence-electron chi connectivity index (χ1n) is 10.4. The Morgan fingerprint density at radius 2 is 1.84 bits per heavy atom. The first kappa shape index (κ1) is 26.1. The van der Waals surface area contributed by atoms with E-state index in [1.54, 1.807) is 0 Å². The minimum absolute atomic E-state index is 0.0241. The van der Waals surface area contributed by atoms with E-state index in [0.717, 1.165) is 23.6 Å². The number of nitrogens with one attached hydrogen (secondary N) is 1. The Kier molecular flexibility index (Phi) is 7.16. The van der Waals surface area contributed by atoms with Gasteiger partial charge in [-0.1, -0.05) is 0 Å². The van der Waals surface area contributed by atoms with E-state index in [4.69, 9.17) is 13.9 Å². The molecule has 2 aliphatic heterocycles. The number of amides is 2. The number of aliphatic carboxylic acids is 1. The molecular weight excluding hydrogens is 528 g/mol. The molecule has 2 aromatic rings. The molecule has 0 radical (unpaired) electrons. The number of fused-ring (bicyclic) bond motifs is 1. The monoisotopic (exact) mass is 544 g/mol. The van der Waals surface area contributed by atoms with E-state index in [-0.39, 0.29) is 41.2 Å². The minimum atomic E-state index is -1.74. The summed E-state index contributed by atoms with van der Waals surface area (Å²) in [4.78, 5) is 49.0. The molecule has 1 saturated heterocycles. The molecule has 2 amide bonds. The molecule has 1 fully saturated rings. The van der Waals surface area contributed by atoms with Crippen molar-refractivity contribution in [3.05, 3.63) is 64.3 Å². The molecule has 196 valence electrons. The molecule has 2 atom stereocenters. The van der Waals surface area contributed by atoms with Crippen molar-refractivity contribution in [3.8, 4) is 5.75 Å². The molecule has 10 nitrogen and oxygen atoms in total. The first-order valence-corrected chi connectivity index (χ1v) is 11.4. The Morgan fingerprint density at radius 1 is 1.16 bits per heavy atom. The number of esters is 1. The minimum Gasteiger partial charge on any atom is -0.479 e. The van der Waals surface area contributed by atoms with Gasteiger partial charge >= 0.3 is 11.9 Å². The van der Waals surface area contributed by atoms with E-state index in [0.29, 0.717) is 0 Å². The van der Waals surface area contributed by atoms with Crippen molar-refractivity contribution in [2.75, 3.05) is 12.4 Å². The number of nitrogens with zero attached hydrogens (tertiary/aromatic N) is 1. The second kappa shape index (κ2) is 10.2. The predicted molar refractivity (Wildman–Crippen MR) is 115 cm³/mol. The van der Waals surface area contributed by atoms with Gasteiger partial charge in [-0.3, -0.25) is 19.3 Å². The summed E-state index contributed by atoms with van der Waals surface area (Å²) >= 11 is 1.15. The lowest BCUT2D eigenvalue weighted by atomic mass is 10.0. The molecule has 37 heavy (non-hydrogen) atoms. The van der Waals surface area contributed by atoms with Crippen LogP contribution >= 0.6 is 11.8 Å². The summed E-state index contributed by atoms with van der Waals surface area (Å²) in [5.41, 5.74) is -0.102. The van der Waals surface area contributed by atoms with E-state index >= 15 is 0 Å². The molecule has 4 rings (SSSR count). The fourth-order valence-electron chi connectivity index (χ4n) is 3.59. The lowest BCUT2D eigenvalue weighted by Gasteiger charge is -2.49. The van der Waals surface area contributed by atoms with Gasteiger partial charge in [0.15, 0.2) is 23.1 Å². The number of carbonyl (C=O) groups is 4. The van der Waals surface area contributed by atoms with Crippen LogP contribution in [-0.2, 0) is 25.7 Å². The zero-order chi connectivity index (χ0) is 27.0. The maximum absolute atomic E-state index is 13.7. The van der Waals surface area contributed by atoms with Gasteiger partial charge in [-0.05, 0) is 12.1 Å². The average Bonchev–Trinajstić information content (AvgIpc) is 3.33. The molecule has 0 bridgehead atoms. The van der Waals surface area contributed by atoms with Gasteiger partial charge in [0.05, 0.1) is 0 Å². The van der Waals surface area contributed by atoms with Crippen LogP contribution in [0.3, 0.4) is 0 Å². The fourth-order valence-corrected chi connectivity index (χ4v) is 4.92. The Balaban J connectivity index is 1.41. The maximum atomic E-state index is 13.7. The van der Waals surface area contributed by atoms with E-state index in [9.17, 15) is 41.8 Å². The van der Waals surface area contributed by atoms with Gasteiger partial charge < -0.3 is 24.3 Å². The predicted octanol–water partition coefficient (Wildman–Crippen LogP) is 2.33. The summed E-state index contributed by atoms with van der Waals surface area (Å²) in [5, 5.41) is 11.2. The molecule has 0 aliphatic carbocycles. The third-order valence-electron chi connectivity index (χ3n) is 5.30. The molecule has 3 heterocycles. The van der Waals surface area contributed by atoms with E-state index in [1.807, 2.05) is 0 Å². The van der Waals surface area contributed by atoms with Crippen LogP contribution in [0.2, 0.25) is 0 Å². The number of thioether (sulfide) groups is 1. The number of carboxylic acid groups (broad SMARTS) is 1. The van der Waals surface area contributed by atoms with Gasteiger partial charge in [0.1, 0.15) is 36.1 Å². The third kappa shape index (κ3) is 4.98. The Bertz CT molecular complexity index is 1320. The molecule has 0 saturated carbocycles. The molecule has 1 aromatic heterocycles. The summed E-state index contributed by atoms with van der Waals surface area (Å²) in [6, 6.07) is 1.31. The lowest BCUT2D eigenvalue weighted by Crippen LogP contribution is -2.70. The van der Waals surface area contributed by atoms with Gasteiger partial charge in [0, 0.05) is 24.3 Å². The quantitative estimate of drug-likeness (QED) is 0.222. The van der Waals surface area contributed by atoms with Gasteiger partial charge in [-0.15, -0.1) is 11.8 Å². The zero-order valence-electron chi connectivity index (χ0n) is 18.7. The number of benzene rings is 1. The molecule has 2 aliphatic rings. The molecule has 1 aromatic carbocycles. The summed E-state index contributed by atoms with van der Waals surface area (Å²) in [6.45, 7) is 0.172. The van der Waals surface area contributed by atoms with Crippen molar-refractivity contribution in [1.29, 1.82) is 0 Å². The number of halogens is 4. The second-order valence-electron chi connectivity index (χ2n) is 7.75. The van der Waals surface area contributed by atoms with Crippen LogP contribution in [0, 0.1) is 23.3 Å². The van der Waals surface area contributed by atoms with Crippen LogP contribution in [0.1, 0.15) is 23.2 Å². The molecule has 2 N–H and O–H groups in total. The lowest BCUT2D eigenvalue weighted by molar-refractivity contribution is -0.149. The van der Waals surface area contributed by atoms with Gasteiger partial charge in [-0.25, -0.2) is 13.6 Å². The first-order chi connectivity index (χ1) is 17.5. The fraction of sp³-hybridized carbons (Fsp3) is 0.273. The summed E-state index contributed by atoms with van der Waals surface area (Å²) in [7, 11) is 0. The van der Waals surface area contributed by atoms with Crippen molar-refractivity contribution in [1.82, 2.24) is 10.2 Å². The number of ether oxygens (including phenoxy) is 2. The van der Waals surface area contributed by atoms with Crippen molar-refractivity contribution in [3.63, 3.8) is 0 Å². The Hall–Kier alpha value is -4.01. The van der Waals surface area contributed by atoms with E-state index in [1.165, 1.54) is 12.1 Å². The normalized spacial score (nSPS) is 18.7. The van der Waals surface area contributed by atoms with Crippen molar-refractivity contribution in [2.24, 2.45) is 0 Å². The summed E-state index contributed by atoms with van der Waals surface area (Å²) in [5.74, 6) is -12.0. The van der Waals surface area contributed by atoms with Crippen molar-refractivity contribution in [2.45, 2.75) is 24.9 Å². The average molecular weight is 544 g/mol. The highest BCUT2D eigenvalue weighted by Gasteiger charge is 2.54. The Morgan fingerprint density at radius 3 is 2.46 bits per heavy atom. The third-order valence-corrected chi connectivity index (χ3v) is 6.64. The van der Waals surface area contributed by atoms with Crippen LogP contribution in [-0.4, -0.2) is 57.5 Å². The second-order valence-corrected chi connectivity index (χ2v) is 8.86.